The maximum atomic E-state index is 13.0. The summed E-state index contributed by atoms with van der Waals surface area (Å²) in [4.78, 5) is 41.3. The van der Waals surface area contributed by atoms with Crippen molar-refractivity contribution in [2.75, 3.05) is 20.1 Å². The van der Waals surface area contributed by atoms with Gasteiger partial charge in [0.25, 0.3) is 0 Å². The van der Waals surface area contributed by atoms with Crippen molar-refractivity contribution in [2.45, 2.75) is 57.9 Å². The fourth-order valence-electron chi connectivity index (χ4n) is 4.16. The average Bonchev–Trinajstić information content (AvgIpc) is 3.10. The Labute approximate surface area is 177 Å². The Morgan fingerprint density at radius 1 is 1.17 bits per heavy atom. The van der Waals surface area contributed by atoms with Gasteiger partial charge < -0.3 is 19.7 Å². The number of carbonyl (C=O) groups is 3. The van der Waals surface area contributed by atoms with Crippen LogP contribution in [-0.4, -0.2) is 65.7 Å². The minimum atomic E-state index is -0.719. The smallest absolute Gasteiger partial charge is 0.411 e. The molecule has 0 aromatic heterocycles. The predicted octanol–water partition coefficient (Wildman–Crippen LogP) is 2.77. The van der Waals surface area contributed by atoms with Crippen molar-refractivity contribution in [3.8, 4) is 0 Å². The lowest BCUT2D eigenvalue weighted by molar-refractivity contribution is -0.150. The lowest BCUT2D eigenvalue weighted by Gasteiger charge is -2.39. The van der Waals surface area contributed by atoms with Gasteiger partial charge in [-0.2, -0.15) is 0 Å². The Morgan fingerprint density at radius 2 is 1.87 bits per heavy atom. The molecule has 2 fully saturated rings. The summed E-state index contributed by atoms with van der Waals surface area (Å²) in [6.07, 6.45) is 0.689. The van der Waals surface area contributed by atoms with Gasteiger partial charge in [-0.15, -0.1) is 0 Å². The van der Waals surface area contributed by atoms with Crippen LogP contribution in [0.15, 0.2) is 30.3 Å². The molecule has 2 aliphatic rings. The number of nitrogens with one attached hydrogen (secondary N) is 1. The van der Waals surface area contributed by atoms with Crippen molar-refractivity contribution in [1.82, 2.24) is 15.1 Å². The molecule has 0 unspecified atom stereocenters. The second-order valence-electron chi connectivity index (χ2n) is 8.85. The molecule has 1 aromatic carbocycles. The van der Waals surface area contributed by atoms with E-state index in [1.807, 2.05) is 30.3 Å². The van der Waals surface area contributed by atoms with Crippen LogP contribution in [0.5, 0.6) is 0 Å². The Kier molecular flexibility index (Phi) is 6.53. The largest absolute Gasteiger partial charge is 0.459 e. The quantitative estimate of drug-likeness (QED) is 0.764. The predicted molar refractivity (Wildman–Crippen MR) is 111 cm³/mol. The average molecular weight is 418 g/mol. The number of fused-ring (bicyclic) bond motifs is 1. The Morgan fingerprint density at radius 3 is 2.50 bits per heavy atom. The summed E-state index contributed by atoms with van der Waals surface area (Å²) in [5, 5.41) is 2.63. The molecule has 2 aliphatic heterocycles. The number of benzene rings is 1. The van der Waals surface area contributed by atoms with E-state index in [0.717, 1.165) is 12.0 Å². The van der Waals surface area contributed by atoms with Crippen molar-refractivity contribution in [3.05, 3.63) is 35.9 Å². The first-order chi connectivity index (χ1) is 14.2. The number of carbonyl (C=O) groups excluding carboxylic acids is 3. The van der Waals surface area contributed by atoms with E-state index in [0.29, 0.717) is 19.5 Å². The van der Waals surface area contributed by atoms with Crippen LogP contribution in [0.25, 0.3) is 0 Å². The molecular weight excluding hydrogens is 386 g/mol. The molecule has 3 atom stereocenters. The third kappa shape index (κ3) is 5.04. The molecule has 3 amide bonds. The van der Waals surface area contributed by atoms with E-state index in [1.165, 1.54) is 4.90 Å². The topological polar surface area (TPSA) is 88.2 Å². The zero-order valence-corrected chi connectivity index (χ0v) is 18.1. The van der Waals surface area contributed by atoms with Crippen LogP contribution in [0.4, 0.5) is 9.59 Å². The number of rotatable bonds is 3. The zero-order chi connectivity index (χ0) is 21.9. The van der Waals surface area contributed by atoms with Crippen molar-refractivity contribution in [3.63, 3.8) is 0 Å². The Hall–Kier alpha value is -2.77. The second kappa shape index (κ2) is 8.93. The number of ether oxygens (including phenoxy) is 2. The first-order valence-corrected chi connectivity index (χ1v) is 10.4. The first kappa shape index (κ1) is 21.9. The highest BCUT2D eigenvalue weighted by molar-refractivity contribution is 5.83. The molecule has 1 N–H and O–H groups in total. The number of piperidine rings is 1. The van der Waals surface area contributed by atoms with E-state index in [2.05, 4.69) is 5.32 Å². The lowest BCUT2D eigenvalue weighted by atomic mass is 9.91. The minimum Gasteiger partial charge on any atom is -0.459 e. The highest BCUT2D eigenvalue weighted by atomic mass is 16.6. The fraction of sp³-hybridized carbons (Fsp3) is 0.591. The summed E-state index contributed by atoms with van der Waals surface area (Å²) < 4.78 is 11.1. The molecule has 0 saturated carbocycles. The molecule has 164 valence electrons. The van der Waals surface area contributed by atoms with Gasteiger partial charge >= 0.3 is 18.1 Å². The summed E-state index contributed by atoms with van der Waals surface area (Å²) in [6.45, 7) is 6.48. The molecule has 1 aromatic rings. The van der Waals surface area contributed by atoms with E-state index in [9.17, 15) is 14.4 Å². The monoisotopic (exact) mass is 417 g/mol. The van der Waals surface area contributed by atoms with Gasteiger partial charge in [-0.25, -0.2) is 14.4 Å². The standard InChI is InChI=1S/C22H31N3O5/c1-22(2,3)30-21(28)25-17(19(26)29-14-15-8-6-5-7-9-15)12-16-10-11-24(13-18(16)25)20(27)23-4/h5-9,16-18H,10-14H2,1-4H3,(H,23,27)/t16-,17+,18-/m1/s1. The number of likely N-dealkylation sites (tertiary alicyclic amines) is 2. The highest BCUT2D eigenvalue weighted by Crippen LogP contribution is 2.37. The molecule has 0 spiro atoms. The van der Waals surface area contributed by atoms with Gasteiger partial charge in [0.15, 0.2) is 0 Å². The van der Waals surface area contributed by atoms with Crippen LogP contribution in [0, 0.1) is 5.92 Å². The number of amides is 3. The van der Waals surface area contributed by atoms with Gasteiger partial charge in [-0.1, -0.05) is 30.3 Å². The van der Waals surface area contributed by atoms with Crippen molar-refractivity contribution in [1.29, 1.82) is 0 Å². The number of hydrogen-bond acceptors (Lipinski definition) is 5. The van der Waals surface area contributed by atoms with E-state index in [-0.39, 0.29) is 24.6 Å². The van der Waals surface area contributed by atoms with E-state index in [1.54, 1.807) is 32.7 Å². The molecule has 3 rings (SSSR count). The number of hydrogen-bond donors (Lipinski definition) is 1. The van der Waals surface area contributed by atoms with Crippen LogP contribution in [0.1, 0.15) is 39.2 Å². The van der Waals surface area contributed by atoms with Gasteiger partial charge in [0.2, 0.25) is 0 Å². The lowest BCUT2D eigenvalue weighted by Crippen LogP contribution is -2.56. The third-order valence-electron chi connectivity index (χ3n) is 5.54. The molecule has 0 radical (unpaired) electrons. The Balaban J connectivity index is 1.77. The van der Waals surface area contributed by atoms with Crippen molar-refractivity contribution in [2.24, 2.45) is 5.92 Å². The van der Waals surface area contributed by atoms with Crippen molar-refractivity contribution >= 4 is 18.1 Å². The Bertz CT molecular complexity index is 777. The third-order valence-corrected chi connectivity index (χ3v) is 5.54. The summed E-state index contributed by atoms with van der Waals surface area (Å²) in [6, 6.07) is 8.25. The summed E-state index contributed by atoms with van der Waals surface area (Å²) in [5.41, 5.74) is 0.193. The SMILES string of the molecule is CNC(=O)N1CC[C@@H]2C[C@@H](C(=O)OCc3ccccc3)N(C(=O)OC(C)(C)C)[C@@H]2C1. The van der Waals surface area contributed by atoms with Crippen LogP contribution in [0.2, 0.25) is 0 Å². The molecule has 8 nitrogen and oxygen atoms in total. The fourth-order valence-corrected chi connectivity index (χ4v) is 4.16. The maximum absolute atomic E-state index is 13.0. The highest BCUT2D eigenvalue weighted by Gasteiger charge is 2.51. The summed E-state index contributed by atoms with van der Waals surface area (Å²) >= 11 is 0. The van der Waals surface area contributed by atoms with Gasteiger partial charge in [-0.3, -0.25) is 4.90 Å². The summed E-state index contributed by atoms with van der Waals surface area (Å²) in [7, 11) is 1.58. The van der Waals surface area contributed by atoms with Gasteiger partial charge in [0.05, 0.1) is 6.04 Å². The zero-order valence-electron chi connectivity index (χ0n) is 18.1. The van der Waals surface area contributed by atoms with E-state index < -0.39 is 23.7 Å². The van der Waals surface area contributed by atoms with Crippen molar-refractivity contribution < 1.29 is 23.9 Å². The van der Waals surface area contributed by atoms with Crippen LogP contribution in [-0.2, 0) is 20.9 Å². The second-order valence-corrected chi connectivity index (χ2v) is 8.85. The van der Waals surface area contributed by atoms with Crippen LogP contribution in [0.3, 0.4) is 0 Å². The molecule has 8 heteroatoms. The number of urea groups is 1. The number of esters is 1. The van der Waals surface area contributed by atoms with Gasteiger partial charge in [0.1, 0.15) is 18.2 Å². The van der Waals surface area contributed by atoms with Gasteiger partial charge in [0, 0.05) is 20.1 Å². The number of nitrogens with zero attached hydrogens (tertiary/aromatic N) is 2. The molecule has 2 heterocycles. The normalized spacial score (nSPS) is 23.5. The molecule has 0 aliphatic carbocycles. The molecule has 2 saturated heterocycles. The molecular formula is C22H31N3O5. The maximum Gasteiger partial charge on any atom is 0.411 e. The van der Waals surface area contributed by atoms with Crippen LogP contribution < -0.4 is 5.32 Å². The summed E-state index contributed by atoms with van der Waals surface area (Å²) in [5.74, 6) is -0.321. The van der Waals surface area contributed by atoms with E-state index >= 15 is 0 Å². The first-order valence-electron chi connectivity index (χ1n) is 10.4. The van der Waals surface area contributed by atoms with E-state index in [4.69, 9.17) is 9.47 Å². The molecule has 30 heavy (non-hydrogen) atoms. The van der Waals surface area contributed by atoms with Gasteiger partial charge in [-0.05, 0) is 45.1 Å². The minimum absolute atomic E-state index is 0.118. The van der Waals surface area contributed by atoms with Crippen LogP contribution >= 0.6 is 0 Å². The molecule has 0 bridgehead atoms.